The Morgan fingerprint density at radius 3 is 2.53 bits per heavy atom. The average molecular weight is 476 g/mol. The van der Waals surface area contributed by atoms with Gasteiger partial charge in [-0.25, -0.2) is 0 Å². The predicted molar refractivity (Wildman–Crippen MR) is 130 cm³/mol. The summed E-state index contributed by atoms with van der Waals surface area (Å²) in [4.78, 5) is 14.7. The van der Waals surface area contributed by atoms with Gasteiger partial charge in [-0.2, -0.15) is 9.97 Å². The Hall–Kier alpha value is -1.90. The highest BCUT2D eigenvalue weighted by Crippen LogP contribution is 2.40. The van der Waals surface area contributed by atoms with Crippen LogP contribution in [0.5, 0.6) is 0 Å². The molecule has 9 heteroatoms. The number of aromatic nitrogens is 2. The van der Waals surface area contributed by atoms with Gasteiger partial charge in [-0.05, 0) is 55.7 Å². The van der Waals surface area contributed by atoms with Crippen LogP contribution in [0.4, 0.5) is 17.6 Å². The summed E-state index contributed by atoms with van der Waals surface area (Å²) in [5.74, 6) is 3.12. The SMILES string of the molecule is CN1CCS(=O)c2c(NC3(CO)CCC3)nc(N3CCC(c4ccc(Cl)cc4)CC3)nc21. The maximum atomic E-state index is 12.9. The van der Waals surface area contributed by atoms with Crippen LogP contribution in [0.3, 0.4) is 0 Å². The van der Waals surface area contributed by atoms with Crippen LogP contribution in [0.15, 0.2) is 29.2 Å². The Morgan fingerprint density at radius 2 is 1.91 bits per heavy atom. The van der Waals surface area contributed by atoms with Crippen molar-refractivity contribution in [2.45, 2.75) is 48.5 Å². The summed E-state index contributed by atoms with van der Waals surface area (Å²) in [6.07, 6.45) is 4.91. The van der Waals surface area contributed by atoms with Crippen LogP contribution in [-0.4, -0.2) is 63.9 Å². The lowest BCUT2D eigenvalue weighted by atomic mass is 9.77. The Bertz CT molecular complexity index is 1000. The fraction of sp³-hybridized carbons (Fsp3) is 0.565. The number of aliphatic hydroxyl groups is 1. The molecule has 172 valence electrons. The van der Waals surface area contributed by atoms with Crippen LogP contribution >= 0.6 is 11.6 Å². The van der Waals surface area contributed by atoms with E-state index in [9.17, 15) is 9.32 Å². The minimum atomic E-state index is -1.15. The van der Waals surface area contributed by atoms with Crippen LogP contribution in [0.1, 0.15) is 43.6 Å². The van der Waals surface area contributed by atoms with Gasteiger partial charge >= 0.3 is 0 Å². The van der Waals surface area contributed by atoms with E-state index in [1.165, 1.54) is 5.56 Å². The van der Waals surface area contributed by atoms with Crippen molar-refractivity contribution in [3.05, 3.63) is 34.9 Å². The molecule has 5 rings (SSSR count). The van der Waals surface area contributed by atoms with Gasteiger partial charge < -0.3 is 20.2 Å². The van der Waals surface area contributed by atoms with Crippen LogP contribution in [0.2, 0.25) is 5.02 Å². The number of hydrogen-bond donors (Lipinski definition) is 2. The second kappa shape index (κ2) is 8.80. The minimum absolute atomic E-state index is 0.0517. The van der Waals surface area contributed by atoms with Crippen molar-refractivity contribution in [2.75, 3.05) is 54.2 Å². The normalized spacial score (nSPS) is 22.9. The van der Waals surface area contributed by atoms with Gasteiger partial charge in [0.2, 0.25) is 5.95 Å². The number of halogens is 1. The van der Waals surface area contributed by atoms with Gasteiger partial charge in [0.25, 0.3) is 0 Å². The van der Waals surface area contributed by atoms with E-state index in [-0.39, 0.29) is 12.1 Å². The zero-order valence-corrected chi connectivity index (χ0v) is 20.0. The van der Waals surface area contributed by atoms with Crippen molar-refractivity contribution in [1.82, 2.24) is 9.97 Å². The van der Waals surface area contributed by atoms with Crippen LogP contribution in [0.25, 0.3) is 0 Å². The first-order valence-electron chi connectivity index (χ1n) is 11.4. The van der Waals surface area contributed by atoms with Crippen LogP contribution in [0, 0.1) is 0 Å². The fourth-order valence-electron chi connectivity index (χ4n) is 4.87. The Morgan fingerprint density at radius 1 is 1.19 bits per heavy atom. The van der Waals surface area contributed by atoms with Crippen molar-refractivity contribution in [1.29, 1.82) is 0 Å². The van der Waals surface area contributed by atoms with Gasteiger partial charge in [0.1, 0.15) is 4.90 Å². The highest BCUT2D eigenvalue weighted by Gasteiger charge is 2.39. The third-order valence-corrected chi connectivity index (χ3v) is 8.79. The molecule has 0 spiro atoms. The Labute approximate surface area is 196 Å². The minimum Gasteiger partial charge on any atom is -0.394 e. The van der Waals surface area contributed by atoms with E-state index < -0.39 is 10.8 Å². The second-order valence-corrected chi connectivity index (χ2v) is 11.2. The highest BCUT2D eigenvalue weighted by molar-refractivity contribution is 7.85. The Kier molecular flexibility index (Phi) is 6.03. The lowest BCUT2D eigenvalue weighted by Crippen LogP contribution is -2.49. The number of nitrogens with zero attached hydrogens (tertiary/aromatic N) is 4. The number of nitrogens with one attached hydrogen (secondary N) is 1. The number of piperidine rings is 1. The maximum Gasteiger partial charge on any atom is 0.229 e. The molecule has 32 heavy (non-hydrogen) atoms. The van der Waals surface area contributed by atoms with E-state index in [0.717, 1.165) is 56.0 Å². The number of anilines is 3. The lowest BCUT2D eigenvalue weighted by Gasteiger charge is -2.42. The van der Waals surface area contributed by atoms with E-state index in [1.807, 2.05) is 19.2 Å². The summed E-state index contributed by atoms with van der Waals surface area (Å²) in [6.45, 7) is 2.49. The predicted octanol–water partition coefficient (Wildman–Crippen LogP) is 3.40. The average Bonchev–Trinajstić information content (AvgIpc) is 2.79. The van der Waals surface area contributed by atoms with Gasteiger partial charge in [-0.3, -0.25) is 4.21 Å². The first-order chi connectivity index (χ1) is 15.5. The van der Waals surface area contributed by atoms with Crippen LogP contribution in [-0.2, 0) is 10.8 Å². The molecule has 1 aromatic carbocycles. The van der Waals surface area contributed by atoms with E-state index in [1.54, 1.807) is 0 Å². The Balaban J connectivity index is 1.42. The number of rotatable bonds is 5. The molecular weight excluding hydrogens is 446 g/mol. The third kappa shape index (κ3) is 4.08. The highest BCUT2D eigenvalue weighted by atomic mass is 35.5. The molecule has 3 aliphatic rings. The van der Waals surface area contributed by atoms with Crippen molar-refractivity contribution in [3.8, 4) is 0 Å². The molecular formula is C23H30ClN5O2S. The monoisotopic (exact) mass is 475 g/mol. The summed E-state index contributed by atoms with van der Waals surface area (Å²) in [7, 11) is 0.846. The molecule has 1 aromatic heterocycles. The summed E-state index contributed by atoms with van der Waals surface area (Å²) in [6, 6.07) is 8.16. The van der Waals surface area contributed by atoms with Gasteiger partial charge in [-0.1, -0.05) is 23.7 Å². The second-order valence-electron chi connectivity index (χ2n) is 9.23. The smallest absolute Gasteiger partial charge is 0.229 e. The molecule has 0 bridgehead atoms. The van der Waals surface area contributed by atoms with Crippen molar-refractivity contribution in [3.63, 3.8) is 0 Å². The molecule has 3 heterocycles. The van der Waals surface area contributed by atoms with E-state index in [4.69, 9.17) is 21.6 Å². The first-order valence-corrected chi connectivity index (χ1v) is 13.1. The lowest BCUT2D eigenvalue weighted by molar-refractivity contribution is 0.143. The third-order valence-electron chi connectivity index (χ3n) is 7.15. The van der Waals surface area contributed by atoms with Crippen molar-refractivity contribution in [2.24, 2.45) is 0 Å². The molecule has 1 saturated heterocycles. The molecule has 0 radical (unpaired) electrons. The number of fused-ring (bicyclic) bond motifs is 1. The first kappa shape index (κ1) is 21.9. The molecule has 2 aliphatic heterocycles. The summed E-state index contributed by atoms with van der Waals surface area (Å²) >= 11 is 6.05. The molecule has 7 nitrogen and oxygen atoms in total. The maximum absolute atomic E-state index is 12.9. The number of benzene rings is 1. The van der Waals surface area contributed by atoms with E-state index >= 15 is 0 Å². The largest absolute Gasteiger partial charge is 0.394 e. The summed E-state index contributed by atoms with van der Waals surface area (Å²) in [5.41, 5.74) is 0.967. The molecule has 1 saturated carbocycles. The molecule has 2 aromatic rings. The van der Waals surface area contributed by atoms with E-state index in [2.05, 4.69) is 27.2 Å². The molecule has 2 N–H and O–H groups in total. The van der Waals surface area contributed by atoms with Crippen LogP contribution < -0.4 is 15.1 Å². The van der Waals surface area contributed by atoms with E-state index in [0.29, 0.717) is 34.9 Å². The van der Waals surface area contributed by atoms with Gasteiger partial charge in [0.05, 0.1) is 22.9 Å². The molecule has 1 atom stereocenters. The fourth-order valence-corrected chi connectivity index (χ4v) is 6.36. The zero-order valence-electron chi connectivity index (χ0n) is 18.4. The van der Waals surface area contributed by atoms with Crippen molar-refractivity contribution >= 4 is 40.0 Å². The quantitative estimate of drug-likeness (QED) is 0.685. The van der Waals surface area contributed by atoms with Gasteiger partial charge in [0.15, 0.2) is 11.6 Å². The summed E-state index contributed by atoms with van der Waals surface area (Å²) < 4.78 is 12.9. The number of hydrogen-bond acceptors (Lipinski definition) is 7. The zero-order chi connectivity index (χ0) is 22.3. The topological polar surface area (TPSA) is 81.6 Å². The molecule has 2 fully saturated rings. The molecule has 0 amide bonds. The summed E-state index contributed by atoms with van der Waals surface area (Å²) in [5, 5.41) is 14.2. The molecule has 1 aliphatic carbocycles. The van der Waals surface area contributed by atoms with Crippen molar-refractivity contribution < 1.29 is 9.32 Å². The molecule has 1 unspecified atom stereocenters. The number of aliphatic hydroxyl groups excluding tert-OH is 1. The van der Waals surface area contributed by atoms with Gasteiger partial charge in [0, 0.05) is 37.5 Å². The van der Waals surface area contributed by atoms with Gasteiger partial charge in [-0.15, -0.1) is 0 Å². The standard InChI is InChI=1S/C23H30ClN5O2S/c1-28-13-14-32(31)19-20(27-23(15-30)9-2-10-23)25-22(26-21(19)28)29-11-7-17(8-12-29)16-3-5-18(24)6-4-16/h3-6,17,30H,2,7-15H2,1H3,(H,25,26,27).